The summed E-state index contributed by atoms with van der Waals surface area (Å²) in [6.07, 6.45) is 7.78. The van der Waals surface area contributed by atoms with Crippen molar-refractivity contribution in [2.45, 2.75) is 64.0 Å². The molecule has 0 bridgehead atoms. The highest BCUT2D eigenvalue weighted by Crippen LogP contribution is 2.46. The summed E-state index contributed by atoms with van der Waals surface area (Å²) < 4.78 is 11.4. The second kappa shape index (κ2) is 9.92. The van der Waals surface area contributed by atoms with E-state index < -0.39 is 0 Å². The number of nitrogens with zero attached hydrogens (tertiary/aromatic N) is 2. The molecule has 0 saturated heterocycles. The zero-order chi connectivity index (χ0) is 23.5. The van der Waals surface area contributed by atoms with Crippen molar-refractivity contribution in [3.63, 3.8) is 0 Å². The molecule has 2 aromatic carbocycles. The fourth-order valence-corrected chi connectivity index (χ4v) is 5.31. The molecule has 0 radical (unpaired) electrons. The Morgan fingerprint density at radius 3 is 2.59 bits per heavy atom. The van der Waals surface area contributed by atoms with E-state index in [-0.39, 0.29) is 18.0 Å². The maximum atomic E-state index is 13.7. The van der Waals surface area contributed by atoms with Crippen LogP contribution >= 0.6 is 0 Å². The second-order valence-corrected chi connectivity index (χ2v) is 9.27. The standard InChI is InChI=1S/C28H33N3O3/c1-3-4-17-34-23-12-8-9-20(18-23)27-24-25(19-13-15-22(33-2)16-14-19)29-30-26(24)28(32)31(27)21-10-6-5-7-11-21/h8-9,12-16,18,21,27H,3-7,10-11,17H2,1-2H3,(H,29,30). The highest BCUT2D eigenvalue weighted by molar-refractivity contribution is 6.00. The zero-order valence-electron chi connectivity index (χ0n) is 20.0. The molecule has 6 heteroatoms. The van der Waals surface area contributed by atoms with Crippen molar-refractivity contribution in [2.75, 3.05) is 13.7 Å². The van der Waals surface area contributed by atoms with Gasteiger partial charge in [-0.3, -0.25) is 9.89 Å². The number of hydrogen-bond donors (Lipinski definition) is 1. The van der Waals surface area contributed by atoms with E-state index in [4.69, 9.17) is 9.47 Å². The number of H-pyrrole nitrogens is 1. The first-order valence-electron chi connectivity index (χ1n) is 12.5. The Morgan fingerprint density at radius 1 is 1.06 bits per heavy atom. The molecule has 6 nitrogen and oxygen atoms in total. The first-order chi connectivity index (χ1) is 16.7. The maximum absolute atomic E-state index is 13.7. The molecule has 1 fully saturated rings. The Labute approximate surface area is 201 Å². The summed E-state index contributed by atoms with van der Waals surface area (Å²) in [4.78, 5) is 15.8. The molecule has 178 valence electrons. The molecule has 1 unspecified atom stereocenters. The van der Waals surface area contributed by atoms with Crippen LogP contribution in [0.25, 0.3) is 11.3 Å². The predicted octanol–water partition coefficient (Wildman–Crippen LogP) is 6.14. The van der Waals surface area contributed by atoms with Crippen LogP contribution in [0.3, 0.4) is 0 Å². The fourth-order valence-electron chi connectivity index (χ4n) is 5.31. The molecule has 34 heavy (non-hydrogen) atoms. The average Bonchev–Trinajstić information content (AvgIpc) is 3.44. The Hall–Kier alpha value is -3.28. The normalized spacial score (nSPS) is 18.2. The molecular weight excluding hydrogens is 426 g/mol. The summed E-state index contributed by atoms with van der Waals surface area (Å²) in [5.74, 6) is 1.70. The highest BCUT2D eigenvalue weighted by Gasteiger charge is 2.45. The molecule has 1 aliphatic heterocycles. The number of aromatic nitrogens is 2. The summed E-state index contributed by atoms with van der Waals surface area (Å²) in [6.45, 7) is 2.86. The van der Waals surface area contributed by atoms with Crippen molar-refractivity contribution in [1.29, 1.82) is 0 Å². The number of unbranched alkanes of at least 4 members (excludes halogenated alkanes) is 1. The number of benzene rings is 2. The number of ether oxygens (including phenoxy) is 2. The number of carbonyl (C=O) groups is 1. The van der Waals surface area contributed by atoms with Crippen molar-refractivity contribution in [2.24, 2.45) is 0 Å². The van der Waals surface area contributed by atoms with Gasteiger partial charge in [-0.15, -0.1) is 0 Å². The second-order valence-electron chi connectivity index (χ2n) is 9.27. The van der Waals surface area contributed by atoms with E-state index >= 15 is 0 Å². The van der Waals surface area contributed by atoms with Crippen molar-refractivity contribution < 1.29 is 14.3 Å². The molecule has 1 aliphatic carbocycles. The van der Waals surface area contributed by atoms with Gasteiger partial charge in [0.1, 0.15) is 17.2 Å². The number of amides is 1. The SMILES string of the molecule is CCCCOc1cccc(C2c3c(-c4ccc(OC)cc4)n[nH]c3C(=O)N2C2CCCCC2)c1. The number of rotatable bonds is 8. The van der Waals surface area contributed by atoms with Gasteiger partial charge < -0.3 is 14.4 Å². The topological polar surface area (TPSA) is 67.5 Å². The minimum atomic E-state index is -0.184. The third kappa shape index (κ3) is 4.17. The number of nitrogens with one attached hydrogen (secondary N) is 1. The molecule has 3 aromatic rings. The van der Waals surface area contributed by atoms with Crippen molar-refractivity contribution >= 4 is 5.91 Å². The molecule has 5 rings (SSSR count). The summed E-state index contributed by atoms with van der Waals surface area (Å²) in [6, 6.07) is 16.2. The van der Waals surface area contributed by atoms with Crippen molar-refractivity contribution in [3.05, 3.63) is 65.4 Å². The lowest BCUT2D eigenvalue weighted by Gasteiger charge is -2.36. The predicted molar refractivity (Wildman–Crippen MR) is 132 cm³/mol. The third-order valence-corrected chi connectivity index (χ3v) is 7.08. The maximum Gasteiger partial charge on any atom is 0.273 e. The van der Waals surface area contributed by atoms with E-state index in [0.717, 1.165) is 59.6 Å². The van der Waals surface area contributed by atoms with Crippen LogP contribution in [0, 0.1) is 0 Å². The van der Waals surface area contributed by atoms with Gasteiger partial charge in [-0.1, -0.05) is 44.7 Å². The van der Waals surface area contributed by atoms with Gasteiger partial charge in [-0.05, 0) is 61.2 Å². The van der Waals surface area contributed by atoms with Crippen LogP contribution in [0.5, 0.6) is 11.5 Å². The first-order valence-corrected chi connectivity index (χ1v) is 12.5. The Morgan fingerprint density at radius 2 is 1.85 bits per heavy atom. The molecule has 1 N–H and O–H groups in total. The summed E-state index contributed by atoms with van der Waals surface area (Å²) in [5.41, 5.74) is 4.44. The van der Waals surface area contributed by atoms with Crippen LogP contribution in [0.4, 0.5) is 0 Å². The van der Waals surface area contributed by atoms with E-state index in [2.05, 4.69) is 34.2 Å². The van der Waals surface area contributed by atoms with Crippen LogP contribution in [-0.4, -0.2) is 40.8 Å². The van der Waals surface area contributed by atoms with Crippen LogP contribution < -0.4 is 9.47 Å². The van der Waals surface area contributed by atoms with Crippen molar-refractivity contribution in [1.82, 2.24) is 15.1 Å². The van der Waals surface area contributed by atoms with Crippen LogP contribution in [0.2, 0.25) is 0 Å². The van der Waals surface area contributed by atoms with E-state index in [1.807, 2.05) is 36.4 Å². The summed E-state index contributed by atoms with van der Waals surface area (Å²) in [5, 5.41) is 7.69. The van der Waals surface area contributed by atoms with Gasteiger partial charge in [0.2, 0.25) is 0 Å². The first kappa shape index (κ1) is 22.5. The monoisotopic (exact) mass is 459 g/mol. The van der Waals surface area contributed by atoms with Crippen molar-refractivity contribution in [3.8, 4) is 22.8 Å². The number of hydrogen-bond acceptors (Lipinski definition) is 4. The van der Waals surface area contributed by atoms with Gasteiger partial charge in [0.05, 0.1) is 25.5 Å². The molecular formula is C28H33N3O3. The lowest BCUT2D eigenvalue weighted by molar-refractivity contribution is 0.0606. The quantitative estimate of drug-likeness (QED) is 0.411. The number of aromatic amines is 1. The molecule has 1 atom stereocenters. The molecule has 2 heterocycles. The summed E-state index contributed by atoms with van der Waals surface area (Å²) in [7, 11) is 1.66. The van der Waals surface area contributed by atoms with E-state index in [1.165, 1.54) is 19.3 Å². The minimum absolute atomic E-state index is 0.0523. The minimum Gasteiger partial charge on any atom is -0.497 e. The Kier molecular flexibility index (Phi) is 6.57. The lowest BCUT2D eigenvalue weighted by atomic mass is 9.91. The van der Waals surface area contributed by atoms with Crippen LogP contribution in [-0.2, 0) is 0 Å². The Balaban J connectivity index is 1.58. The van der Waals surface area contributed by atoms with Gasteiger partial charge in [0, 0.05) is 17.2 Å². The summed E-state index contributed by atoms with van der Waals surface area (Å²) >= 11 is 0. The number of carbonyl (C=O) groups excluding carboxylic acids is 1. The number of methoxy groups -OCH3 is 1. The van der Waals surface area contributed by atoms with E-state index in [0.29, 0.717) is 12.3 Å². The van der Waals surface area contributed by atoms with Gasteiger partial charge in [-0.2, -0.15) is 5.10 Å². The van der Waals surface area contributed by atoms with Gasteiger partial charge >= 0.3 is 0 Å². The van der Waals surface area contributed by atoms with Gasteiger partial charge in [0.25, 0.3) is 5.91 Å². The molecule has 0 spiro atoms. The fraction of sp³-hybridized carbons (Fsp3) is 0.429. The molecule has 1 aromatic heterocycles. The van der Waals surface area contributed by atoms with E-state index in [9.17, 15) is 4.79 Å². The van der Waals surface area contributed by atoms with Crippen LogP contribution in [0.15, 0.2) is 48.5 Å². The smallest absolute Gasteiger partial charge is 0.273 e. The van der Waals surface area contributed by atoms with Gasteiger partial charge in [0.15, 0.2) is 0 Å². The lowest BCUT2D eigenvalue weighted by Crippen LogP contribution is -2.40. The zero-order valence-corrected chi connectivity index (χ0v) is 20.0. The largest absolute Gasteiger partial charge is 0.497 e. The third-order valence-electron chi connectivity index (χ3n) is 7.08. The molecule has 1 amide bonds. The molecule has 1 saturated carbocycles. The van der Waals surface area contributed by atoms with Crippen LogP contribution in [0.1, 0.15) is 79.5 Å². The average molecular weight is 460 g/mol. The van der Waals surface area contributed by atoms with E-state index in [1.54, 1.807) is 7.11 Å². The molecule has 2 aliphatic rings. The number of fused-ring (bicyclic) bond motifs is 1. The highest BCUT2D eigenvalue weighted by atomic mass is 16.5. The Bertz CT molecular complexity index is 1130. The van der Waals surface area contributed by atoms with Gasteiger partial charge in [-0.25, -0.2) is 0 Å².